The number of hydrogen-bond acceptors (Lipinski definition) is 5. The molecule has 0 radical (unpaired) electrons. The van der Waals surface area contributed by atoms with Gasteiger partial charge >= 0.3 is 5.97 Å². The van der Waals surface area contributed by atoms with Gasteiger partial charge in [-0.3, -0.25) is 19.3 Å². The molecule has 1 aliphatic carbocycles. The number of imide groups is 1. The van der Waals surface area contributed by atoms with Gasteiger partial charge < -0.3 is 4.74 Å². The molecule has 1 aromatic carbocycles. The predicted octanol–water partition coefficient (Wildman–Crippen LogP) is 2.36. The first-order chi connectivity index (χ1) is 11.9. The number of ketones is 1. The second kappa shape index (κ2) is 6.78. The monoisotopic (exact) mass is 343 g/mol. The number of benzene rings is 1. The molecule has 2 amide bonds. The molecule has 1 saturated carbocycles. The lowest BCUT2D eigenvalue weighted by molar-refractivity contribution is -0.161. The van der Waals surface area contributed by atoms with Crippen LogP contribution in [0.5, 0.6) is 0 Å². The fourth-order valence-electron chi connectivity index (χ4n) is 3.42. The number of rotatable bonds is 4. The minimum absolute atomic E-state index is 0.0931. The Kier molecular flexibility index (Phi) is 4.70. The van der Waals surface area contributed by atoms with Gasteiger partial charge in [-0.25, -0.2) is 4.79 Å². The van der Waals surface area contributed by atoms with Gasteiger partial charge in [-0.1, -0.05) is 26.0 Å². The van der Waals surface area contributed by atoms with E-state index in [2.05, 4.69) is 0 Å². The van der Waals surface area contributed by atoms with E-state index in [1.165, 1.54) is 0 Å². The number of carbonyl (C=O) groups is 4. The van der Waals surface area contributed by atoms with E-state index < -0.39 is 29.9 Å². The highest BCUT2D eigenvalue weighted by atomic mass is 16.5. The Morgan fingerprint density at radius 1 is 1.08 bits per heavy atom. The van der Waals surface area contributed by atoms with E-state index in [4.69, 9.17) is 4.74 Å². The third-order valence-electron chi connectivity index (χ3n) is 4.73. The summed E-state index contributed by atoms with van der Waals surface area (Å²) in [6, 6.07) is 5.46. The summed E-state index contributed by atoms with van der Waals surface area (Å²) in [4.78, 5) is 50.9. The van der Waals surface area contributed by atoms with Gasteiger partial charge in [0.15, 0.2) is 11.9 Å². The van der Waals surface area contributed by atoms with Crippen molar-refractivity contribution in [1.82, 2.24) is 4.90 Å². The molecule has 2 atom stereocenters. The van der Waals surface area contributed by atoms with Crippen LogP contribution in [-0.2, 0) is 14.3 Å². The summed E-state index contributed by atoms with van der Waals surface area (Å²) in [7, 11) is 0. The molecule has 1 aromatic rings. The first-order valence-electron chi connectivity index (χ1n) is 8.62. The molecule has 0 saturated heterocycles. The maximum absolute atomic E-state index is 12.7. The Morgan fingerprint density at radius 2 is 1.68 bits per heavy atom. The molecule has 0 bridgehead atoms. The Labute approximate surface area is 146 Å². The normalized spacial score (nSPS) is 21.5. The van der Waals surface area contributed by atoms with E-state index in [0.29, 0.717) is 24.0 Å². The van der Waals surface area contributed by atoms with Crippen LogP contribution in [0, 0.1) is 5.92 Å². The van der Waals surface area contributed by atoms with E-state index in [-0.39, 0.29) is 11.7 Å². The van der Waals surface area contributed by atoms with Crippen molar-refractivity contribution < 1.29 is 23.9 Å². The smallest absolute Gasteiger partial charge is 0.330 e. The van der Waals surface area contributed by atoms with Gasteiger partial charge in [0.25, 0.3) is 11.8 Å². The molecule has 1 aliphatic heterocycles. The number of ether oxygens (including phenoxy) is 1. The number of Topliss-reactive ketones (excluding diaryl/α,β-unsaturated/α-hetero) is 1. The van der Waals surface area contributed by atoms with Crippen LogP contribution < -0.4 is 0 Å². The maximum Gasteiger partial charge on any atom is 0.330 e. The van der Waals surface area contributed by atoms with Gasteiger partial charge in [0.1, 0.15) is 6.04 Å². The first kappa shape index (κ1) is 17.3. The van der Waals surface area contributed by atoms with E-state index in [1.807, 2.05) is 0 Å². The summed E-state index contributed by atoms with van der Waals surface area (Å²) in [6.45, 7) is 3.50. The summed E-state index contributed by atoms with van der Waals surface area (Å²) >= 11 is 0. The summed E-state index contributed by atoms with van der Waals surface area (Å²) in [5, 5.41) is 0. The van der Waals surface area contributed by atoms with Crippen LogP contribution in [0.2, 0.25) is 0 Å². The first-order valence-corrected chi connectivity index (χ1v) is 8.62. The van der Waals surface area contributed by atoms with Crippen LogP contribution in [0.15, 0.2) is 24.3 Å². The van der Waals surface area contributed by atoms with Crippen LogP contribution in [0.25, 0.3) is 0 Å². The molecule has 6 heteroatoms. The number of fused-ring (bicyclic) bond motifs is 1. The molecule has 0 unspecified atom stereocenters. The van der Waals surface area contributed by atoms with E-state index in [1.54, 1.807) is 38.1 Å². The number of amides is 2. The van der Waals surface area contributed by atoms with Crippen molar-refractivity contribution >= 4 is 23.6 Å². The second-order valence-corrected chi connectivity index (χ2v) is 6.85. The highest BCUT2D eigenvalue weighted by molar-refractivity contribution is 6.22. The number of carbonyl (C=O) groups excluding carboxylic acids is 4. The van der Waals surface area contributed by atoms with Gasteiger partial charge in [-0.05, 0) is 37.3 Å². The predicted molar refractivity (Wildman–Crippen MR) is 88.9 cm³/mol. The van der Waals surface area contributed by atoms with Crippen LogP contribution in [0.1, 0.15) is 60.2 Å². The zero-order valence-electron chi connectivity index (χ0n) is 14.4. The molecule has 132 valence electrons. The zero-order chi connectivity index (χ0) is 18.1. The molecule has 1 fully saturated rings. The lowest BCUT2D eigenvalue weighted by Gasteiger charge is -2.30. The molecular formula is C19H21NO5. The van der Waals surface area contributed by atoms with Crippen LogP contribution in [-0.4, -0.2) is 40.6 Å². The largest absolute Gasteiger partial charge is 0.453 e. The topological polar surface area (TPSA) is 80.8 Å². The number of hydrogen-bond donors (Lipinski definition) is 0. The molecule has 25 heavy (non-hydrogen) atoms. The van der Waals surface area contributed by atoms with Crippen molar-refractivity contribution in [3.05, 3.63) is 35.4 Å². The summed E-state index contributed by atoms with van der Waals surface area (Å²) in [5.41, 5.74) is 0.583. The second-order valence-electron chi connectivity index (χ2n) is 6.85. The Bertz CT molecular complexity index is 704. The molecule has 1 heterocycles. The third-order valence-corrected chi connectivity index (χ3v) is 4.73. The Hall–Kier alpha value is -2.50. The summed E-state index contributed by atoms with van der Waals surface area (Å²) in [6.07, 6.45) is 1.76. The van der Waals surface area contributed by atoms with Crippen LogP contribution in [0.3, 0.4) is 0 Å². The van der Waals surface area contributed by atoms with Gasteiger partial charge in [-0.15, -0.1) is 0 Å². The van der Waals surface area contributed by atoms with E-state index in [9.17, 15) is 19.2 Å². The van der Waals surface area contributed by atoms with Gasteiger partial charge in [0.2, 0.25) is 0 Å². The average molecular weight is 343 g/mol. The molecule has 3 rings (SSSR count). The zero-order valence-corrected chi connectivity index (χ0v) is 14.4. The van der Waals surface area contributed by atoms with Crippen molar-refractivity contribution in [2.24, 2.45) is 5.92 Å². The highest BCUT2D eigenvalue weighted by Crippen LogP contribution is 2.28. The fraction of sp³-hybridized carbons (Fsp3) is 0.474. The van der Waals surface area contributed by atoms with Gasteiger partial charge in [0, 0.05) is 6.42 Å². The summed E-state index contributed by atoms with van der Waals surface area (Å²) < 4.78 is 5.40. The van der Waals surface area contributed by atoms with Gasteiger partial charge in [-0.2, -0.15) is 0 Å². The Balaban J connectivity index is 1.84. The van der Waals surface area contributed by atoms with Crippen molar-refractivity contribution in [1.29, 1.82) is 0 Å². The number of esters is 1. The lowest BCUT2D eigenvalue weighted by atomic mass is 9.96. The van der Waals surface area contributed by atoms with Crippen molar-refractivity contribution in [2.45, 2.75) is 51.7 Å². The fourth-order valence-corrected chi connectivity index (χ4v) is 3.42. The SMILES string of the molecule is CC(C)[C@@H](C(=O)O[C@@H]1CCCCC1=O)N1C(=O)c2ccccc2C1=O. The minimum Gasteiger partial charge on any atom is -0.453 e. The van der Waals surface area contributed by atoms with Crippen LogP contribution >= 0.6 is 0 Å². The quantitative estimate of drug-likeness (QED) is 0.619. The molecule has 0 N–H and O–H groups in total. The molecule has 6 nitrogen and oxygen atoms in total. The Morgan fingerprint density at radius 3 is 2.20 bits per heavy atom. The molecular weight excluding hydrogens is 322 g/mol. The van der Waals surface area contributed by atoms with Crippen molar-refractivity contribution in [3.8, 4) is 0 Å². The average Bonchev–Trinajstić information content (AvgIpc) is 2.83. The highest BCUT2D eigenvalue weighted by Gasteiger charge is 2.45. The van der Waals surface area contributed by atoms with E-state index in [0.717, 1.165) is 17.7 Å². The van der Waals surface area contributed by atoms with Crippen LogP contribution in [0.4, 0.5) is 0 Å². The molecule has 2 aliphatic rings. The minimum atomic E-state index is -1.04. The van der Waals surface area contributed by atoms with Crippen molar-refractivity contribution in [3.63, 3.8) is 0 Å². The third kappa shape index (κ3) is 3.08. The maximum atomic E-state index is 12.7. The molecule has 0 spiro atoms. The van der Waals surface area contributed by atoms with Gasteiger partial charge in [0.05, 0.1) is 11.1 Å². The standard InChI is InChI=1S/C19H21NO5/c1-11(2)16(19(24)25-15-10-6-5-9-14(15)21)20-17(22)12-7-3-4-8-13(12)18(20)23/h3-4,7-8,11,15-16H,5-6,9-10H2,1-2H3/t15-,16+/m1/s1. The van der Waals surface area contributed by atoms with E-state index >= 15 is 0 Å². The lowest BCUT2D eigenvalue weighted by Crippen LogP contribution is -2.50. The van der Waals surface area contributed by atoms with Crippen molar-refractivity contribution in [2.75, 3.05) is 0 Å². The number of nitrogens with zero attached hydrogens (tertiary/aromatic N) is 1. The summed E-state index contributed by atoms with van der Waals surface area (Å²) in [5.74, 6) is -2.10. The molecule has 0 aromatic heterocycles.